The van der Waals surface area contributed by atoms with E-state index in [1.807, 2.05) is 25.1 Å². The number of carbonyl (C=O) groups is 1. The number of halogens is 1. The molecular formula is C13H15BrO3. The van der Waals surface area contributed by atoms with E-state index in [2.05, 4.69) is 15.9 Å². The van der Waals surface area contributed by atoms with Crippen LogP contribution in [0.3, 0.4) is 0 Å². The summed E-state index contributed by atoms with van der Waals surface area (Å²) in [5.41, 5.74) is 3.43. The summed E-state index contributed by atoms with van der Waals surface area (Å²) >= 11 is 3.43. The molecule has 0 bridgehead atoms. The van der Waals surface area contributed by atoms with Crippen molar-refractivity contribution in [3.8, 4) is 0 Å². The number of ether oxygens (including phenoxy) is 2. The molecular weight excluding hydrogens is 284 g/mol. The van der Waals surface area contributed by atoms with Crippen LogP contribution in [0, 0.1) is 6.92 Å². The highest BCUT2D eigenvalue weighted by atomic mass is 79.9. The number of benzene rings is 1. The zero-order valence-corrected chi connectivity index (χ0v) is 11.7. The van der Waals surface area contributed by atoms with Gasteiger partial charge >= 0.3 is 5.97 Å². The smallest absolute Gasteiger partial charge is 0.341 e. The number of alkyl halides is 1. The predicted molar refractivity (Wildman–Crippen MR) is 70.8 cm³/mol. The van der Waals surface area contributed by atoms with Crippen LogP contribution in [0.5, 0.6) is 0 Å². The number of hydrogen-bond acceptors (Lipinski definition) is 3. The van der Waals surface area contributed by atoms with Gasteiger partial charge in [-0.25, -0.2) is 4.79 Å². The van der Waals surface area contributed by atoms with E-state index in [0.29, 0.717) is 10.9 Å². The molecule has 0 fully saturated rings. The van der Waals surface area contributed by atoms with Crippen LogP contribution < -0.4 is 0 Å². The zero-order valence-electron chi connectivity index (χ0n) is 10.1. The molecule has 0 spiro atoms. The summed E-state index contributed by atoms with van der Waals surface area (Å²) in [5, 5.41) is 0.674. The quantitative estimate of drug-likeness (QED) is 0.371. The lowest BCUT2D eigenvalue weighted by Gasteiger charge is -2.12. The Morgan fingerprint density at radius 3 is 2.65 bits per heavy atom. The largest absolute Gasteiger partial charge is 0.503 e. The van der Waals surface area contributed by atoms with Gasteiger partial charge in [0.1, 0.15) is 5.57 Å². The van der Waals surface area contributed by atoms with Crippen molar-refractivity contribution in [3.05, 3.63) is 41.2 Å². The Morgan fingerprint density at radius 2 is 2.12 bits per heavy atom. The van der Waals surface area contributed by atoms with Crippen molar-refractivity contribution in [2.45, 2.75) is 12.3 Å². The fraction of sp³-hybridized carbons (Fsp3) is 0.308. The van der Waals surface area contributed by atoms with Crippen LogP contribution >= 0.6 is 15.9 Å². The molecule has 0 amide bonds. The predicted octanol–water partition coefficient (Wildman–Crippen LogP) is 3.05. The van der Waals surface area contributed by atoms with Gasteiger partial charge in [0.15, 0.2) is 0 Å². The molecule has 0 saturated heterocycles. The third kappa shape index (κ3) is 3.09. The van der Waals surface area contributed by atoms with E-state index in [-0.39, 0.29) is 0 Å². The first-order valence-corrected chi connectivity index (χ1v) is 6.24. The maximum absolute atomic E-state index is 11.7. The van der Waals surface area contributed by atoms with Gasteiger partial charge in [0.25, 0.3) is 0 Å². The lowest BCUT2D eigenvalue weighted by molar-refractivity contribution is -0.133. The van der Waals surface area contributed by atoms with Crippen LogP contribution in [-0.4, -0.2) is 20.2 Å². The molecule has 92 valence electrons. The van der Waals surface area contributed by atoms with Gasteiger partial charge in [-0.1, -0.05) is 34.1 Å². The van der Waals surface area contributed by atoms with E-state index in [1.54, 1.807) is 0 Å². The van der Waals surface area contributed by atoms with Crippen molar-refractivity contribution in [3.63, 3.8) is 0 Å². The molecule has 0 N–H and O–H groups in total. The van der Waals surface area contributed by atoms with Gasteiger partial charge < -0.3 is 9.47 Å². The molecule has 1 rings (SSSR count). The number of methoxy groups -OCH3 is 2. The Morgan fingerprint density at radius 1 is 1.41 bits per heavy atom. The molecule has 0 aromatic heterocycles. The molecule has 0 atom stereocenters. The molecule has 0 heterocycles. The van der Waals surface area contributed by atoms with Crippen LogP contribution in [0.25, 0.3) is 5.57 Å². The zero-order chi connectivity index (χ0) is 12.8. The van der Waals surface area contributed by atoms with E-state index >= 15 is 0 Å². The Hall–Kier alpha value is -1.29. The number of esters is 1. The van der Waals surface area contributed by atoms with Gasteiger partial charge in [0, 0.05) is 5.33 Å². The molecule has 0 aliphatic heterocycles. The standard InChI is InChI=1S/C13H15BrO3/c1-9-5-4-6-10(11(9)7-14)12(8-16-2)13(15)17-3/h4-6,8H,7H2,1-3H3/b12-8+. The SMILES string of the molecule is CO/C=C(/C(=O)OC)c1cccc(C)c1CBr. The average Bonchev–Trinajstić information content (AvgIpc) is 2.34. The van der Waals surface area contributed by atoms with Gasteiger partial charge in [-0.05, 0) is 23.6 Å². The minimum absolute atomic E-state index is 0.403. The highest BCUT2D eigenvalue weighted by Gasteiger charge is 2.17. The monoisotopic (exact) mass is 298 g/mol. The Kier molecular flexibility index (Phi) is 5.22. The molecule has 1 aromatic rings. The molecule has 3 nitrogen and oxygen atoms in total. The van der Waals surface area contributed by atoms with Gasteiger partial charge in [-0.2, -0.15) is 0 Å². The summed E-state index contributed by atoms with van der Waals surface area (Å²) in [5.74, 6) is -0.403. The van der Waals surface area contributed by atoms with Crippen molar-refractivity contribution in [1.82, 2.24) is 0 Å². The number of carbonyl (C=O) groups excluding carboxylic acids is 1. The third-order valence-electron chi connectivity index (χ3n) is 2.48. The molecule has 0 saturated carbocycles. The Balaban J connectivity index is 3.33. The normalized spacial score (nSPS) is 11.2. The number of aryl methyl sites for hydroxylation is 1. The van der Waals surface area contributed by atoms with Crippen molar-refractivity contribution in [2.75, 3.05) is 14.2 Å². The first kappa shape index (κ1) is 13.8. The second-order valence-corrected chi connectivity index (χ2v) is 4.05. The highest BCUT2D eigenvalue weighted by molar-refractivity contribution is 9.08. The Bertz CT molecular complexity index is 438. The topological polar surface area (TPSA) is 35.5 Å². The third-order valence-corrected chi connectivity index (χ3v) is 3.04. The molecule has 17 heavy (non-hydrogen) atoms. The first-order valence-electron chi connectivity index (χ1n) is 5.11. The van der Waals surface area contributed by atoms with Crippen molar-refractivity contribution in [2.24, 2.45) is 0 Å². The molecule has 4 heteroatoms. The van der Waals surface area contributed by atoms with Crippen molar-refractivity contribution < 1.29 is 14.3 Å². The van der Waals surface area contributed by atoms with Crippen LogP contribution in [0.15, 0.2) is 24.5 Å². The second kappa shape index (κ2) is 6.45. The summed E-state index contributed by atoms with van der Waals surface area (Å²) in [6.07, 6.45) is 1.41. The molecule has 1 aromatic carbocycles. The summed E-state index contributed by atoms with van der Waals surface area (Å²) < 4.78 is 9.70. The summed E-state index contributed by atoms with van der Waals surface area (Å²) in [4.78, 5) is 11.7. The second-order valence-electron chi connectivity index (χ2n) is 3.49. The summed E-state index contributed by atoms with van der Waals surface area (Å²) in [7, 11) is 2.86. The minimum atomic E-state index is -0.403. The maximum Gasteiger partial charge on any atom is 0.341 e. The van der Waals surface area contributed by atoms with E-state index in [9.17, 15) is 4.79 Å². The van der Waals surface area contributed by atoms with Crippen LogP contribution in [-0.2, 0) is 19.6 Å². The van der Waals surface area contributed by atoms with Crippen molar-refractivity contribution in [1.29, 1.82) is 0 Å². The van der Waals surface area contributed by atoms with E-state index in [4.69, 9.17) is 9.47 Å². The van der Waals surface area contributed by atoms with Crippen molar-refractivity contribution >= 4 is 27.5 Å². The molecule has 0 aliphatic carbocycles. The van der Waals surface area contributed by atoms with Crippen LogP contribution in [0.4, 0.5) is 0 Å². The van der Waals surface area contributed by atoms with Gasteiger partial charge in [-0.15, -0.1) is 0 Å². The summed E-state index contributed by atoms with van der Waals surface area (Å²) in [6.45, 7) is 2.00. The van der Waals surface area contributed by atoms with E-state index < -0.39 is 5.97 Å². The van der Waals surface area contributed by atoms with Gasteiger partial charge in [0.05, 0.1) is 20.5 Å². The molecule has 0 aliphatic rings. The lowest BCUT2D eigenvalue weighted by atomic mass is 9.98. The minimum Gasteiger partial charge on any atom is -0.503 e. The average molecular weight is 299 g/mol. The number of hydrogen-bond donors (Lipinski definition) is 0. The van der Waals surface area contributed by atoms with E-state index in [0.717, 1.165) is 16.7 Å². The maximum atomic E-state index is 11.7. The van der Waals surface area contributed by atoms with Gasteiger partial charge in [0.2, 0.25) is 0 Å². The first-order chi connectivity index (χ1) is 8.15. The van der Waals surface area contributed by atoms with E-state index in [1.165, 1.54) is 20.5 Å². The van der Waals surface area contributed by atoms with Crippen LogP contribution in [0.2, 0.25) is 0 Å². The number of rotatable bonds is 4. The fourth-order valence-electron chi connectivity index (χ4n) is 1.58. The Labute approximate surface area is 110 Å². The lowest BCUT2D eigenvalue weighted by Crippen LogP contribution is -2.07. The van der Waals surface area contributed by atoms with Gasteiger partial charge in [-0.3, -0.25) is 0 Å². The molecule has 0 radical (unpaired) electrons. The summed E-state index contributed by atoms with van der Waals surface area (Å²) in [6, 6.07) is 5.79. The molecule has 0 unspecified atom stereocenters. The fourth-order valence-corrected chi connectivity index (χ4v) is 2.33. The van der Waals surface area contributed by atoms with Crippen LogP contribution in [0.1, 0.15) is 16.7 Å². The highest BCUT2D eigenvalue weighted by Crippen LogP contribution is 2.25.